The van der Waals surface area contributed by atoms with E-state index < -0.39 is 9.84 Å². The minimum Gasteiger partial charge on any atom is -0.334 e. The number of nitrogens with zero attached hydrogens (tertiary/aromatic N) is 2. The molecule has 3 aliphatic heterocycles. The van der Waals surface area contributed by atoms with E-state index in [1.165, 1.54) is 17.8 Å². The van der Waals surface area contributed by atoms with Gasteiger partial charge in [-0.1, -0.05) is 18.2 Å². The Kier molecular flexibility index (Phi) is 4.72. The van der Waals surface area contributed by atoms with Gasteiger partial charge in [0.05, 0.1) is 4.90 Å². The summed E-state index contributed by atoms with van der Waals surface area (Å²) in [7, 11) is -3.54. The van der Waals surface area contributed by atoms with E-state index in [4.69, 9.17) is 0 Å². The average Bonchev–Trinajstić information content (AvgIpc) is 3.31. The van der Waals surface area contributed by atoms with Crippen molar-refractivity contribution in [2.24, 2.45) is 5.92 Å². The summed E-state index contributed by atoms with van der Waals surface area (Å²) in [5.74, 6) is 0.695. The van der Waals surface area contributed by atoms with Gasteiger partial charge in [0.2, 0.25) is 9.84 Å². The molecule has 29 heavy (non-hydrogen) atoms. The number of amides is 2. The number of carbonyl (C=O) groups excluding carboxylic acids is 1. The first kappa shape index (κ1) is 18.8. The molecule has 4 heterocycles. The smallest absolute Gasteiger partial charge is 0.321 e. The molecule has 0 saturated carbocycles. The fraction of sp³-hybridized carbons (Fsp3) is 0.381. The highest BCUT2D eigenvalue weighted by Gasteiger charge is 2.33. The number of sulfone groups is 1. The van der Waals surface area contributed by atoms with Crippen LogP contribution in [-0.4, -0.2) is 56.5 Å². The Bertz CT molecular complexity index is 1150. The summed E-state index contributed by atoms with van der Waals surface area (Å²) in [6, 6.07) is 10.2. The molecule has 152 valence electrons. The molecule has 6 nitrogen and oxygen atoms in total. The first-order valence-corrected chi connectivity index (χ1v) is 12.2. The first-order valence-electron chi connectivity index (χ1n) is 9.90. The van der Waals surface area contributed by atoms with Gasteiger partial charge in [0.1, 0.15) is 4.21 Å². The van der Waals surface area contributed by atoms with Crippen LogP contribution in [0, 0.1) is 5.92 Å². The van der Waals surface area contributed by atoms with Gasteiger partial charge in [0.25, 0.3) is 0 Å². The number of benzene rings is 1. The quantitative estimate of drug-likeness (QED) is 0.797. The van der Waals surface area contributed by atoms with Crippen LogP contribution in [0.2, 0.25) is 0 Å². The molecule has 0 spiro atoms. The summed E-state index contributed by atoms with van der Waals surface area (Å²) in [5, 5.41) is 3.94. The molecule has 5 rings (SSSR count). The van der Waals surface area contributed by atoms with Gasteiger partial charge in [0.15, 0.2) is 0 Å². The lowest BCUT2D eigenvalue weighted by Crippen LogP contribution is -2.51. The molecule has 1 unspecified atom stereocenters. The van der Waals surface area contributed by atoms with Crippen LogP contribution in [0.3, 0.4) is 0 Å². The van der Waals surface area contributed by atoms with Crippen molar-refractivity contribution in [2.75, 3.05) is 26.2 Å². The van der Waals surface area contributed by atoms with Crippen LogP contribution in [0.4, 0.5) is 4.79 Å². The molecular weight excluding hydrogens is 406 g/mol. The third-order valence-corrected chi connectivity index (χ3v) is 9.30. The molecule has 2 fully saturated rings. The normalized spacial score (nSPS) is 25.7. The SMILES string of the molecule is O=C(N[C@@H]1C[C@H]2CCN(C2)C1)N1C=c2cc(S(=O)(=O)c3ccccc3)sc2=CC1. The van der Waals surface area contributed by atoms with Gasteiger partial charge in [-0.15, -0.1) is 11.3 Å². The number of urea groups is 1. The maximum absolute atomic E-state index is 12.9. The van der Waals surface area contributed by atoms with Crippen LogP contribution >= 0.6 is 11.3 Å². The molecule has 2 amide bonds. The Labute approximate surface area is 174 Å². The molecule has 1 aromatic carbocycles. The van der Waals surface area contributed by atoms with Gasteiger partial charge < -0.3 is 10.2 Å². The molecule has 2 bridgehead atoms. The minimum absolute atomic E-state index is 0.113. The van der Waals surface area contributed by atoms with E-state index >= 15 is 0 Å². The number of thiophene rings is 1. The second kappa shape index (κ2) is 7.27. The Morgan fingerprint density at radius 2 is 2.00 bits per heavy atom. The van der Waals surface area contributed by atoms with E-state index in [0.717, 1.165) is 35.8 Å². The number of carbonyl (C=O) groups is 1. The summed E-state index contributed by atoms with van der Waals surface area (Å²) < 4.78 is 27.0. The van der Waals surface area contributed by atoms with Crippen molar-refractivity contribution >= 4 is 39.5 Å². The molecule has 3 atom stereocenters. The zero-order valence-corrected chi connectivity index (χ0v) is 17.6. The number of rotatable bonds is 3. The number of hydrogen-bond donors (Lipinski definition) is 1. The van der Waals surface area contributed by atoms with Gasteiger partial charge in [-0.2, -0.15) is 0 Å². The lowest BCUT2D eigenvalue weighted by molar-refractivity contribution is 0.193. The van der Waals surface area contributed by atoms with E-state index in [0.29, 0.717) is 16.7 Å². The van der Waals surface area contributed by atoms with Crippen molar-refractivity contribution in [1.82, 2.24) is 15.1 Å². The standard InChI is InChI=1S/C21H23N3O3S2/c25-21(22-17-10-15-6-8-23(12-15)14-17)24-9-7-19-16(13-24)11-20(28-19)29(26,27)18-4-2-1-3-5-18/h1-5,7,11,13,15,17H,6,8-10,12,14H2,(H,22,25)/t15-,17-/m1/s1. The largest absolute Gasteiger partial charge is 0.334 e. The lowest BCUT2D eigenvalue weighted by atomic mass is 9.97. The van der Waals surface area contributed by atoms with Crippen molar-refractivity contribution in [3.8, 4) is 0 Å². The van der Waals surface area contributed by atoms with Crippen molar-refractivity contribution in [1.29, 1.82) is 0 Å². The molecule has 8 heteroatoms. The predicted octanol–water partition coefficient (Wildman–Crippen LogP) is 1.22. The minimum atomic E-state index is -3.54. The molecule has 1 N–H and O–H groups in total. The zero-order chi connectivity index (χ0) is 20.0. The second-order valence-electron chi connectivity index (χ2n) is 7.98. The van der Waals surface area contributed by atoms with Gasteiger partial charge in [-0.25, -0.2) is 13.2 Å². The van der Waals surface area contributed by atoms with Crippen molar-refractivity contribution in [3.05, 3.63) is 46.1 Å². The fourth-order valence-electron chi connectivity index (χ4n) is 4.47. The Hall–Kier alpha value is -2.16. The van der Waals surface area contributed by atoms with Crippen LogP contribution in [0.15, 0.2) is 45.5 Å². The maximum Gasteiger partial charge on any atom is 0.321 e. The van der Waals surface area contributed by atoms with E-state index in [2.05, 4.69) is 10.2 Å². The van der Waals surface area contributed by atoms with Gasteiger partial charge in [0, 0.05) is 41.6 Å². The number of nitrogens with one attached hydrogen (secondary N) is 1. The summed E-state index contributed by atoms with van der Waals surface area (Å²) in [4.78, 5) is 17.1. The molecule has 0 aliphatic carbocycles. The second-order valence-corrected chi connectivity index (χ2v) is 11.2. The fourth-order valence-corrected chi connectivity index (χ4v) is 7.29. The van der Waals surface area contributed by atoms with E-state index in [-0.39, 0.29) is 17.0 Å². The number of hydrogen-bond acceptors (Lipinski definition) is 5. The van der Waals surface area contributed by atoms with Crippen molar-refractivity contribution in [3.63, 3.8) is 0 Å². The molecule has 0 radical (unpaired) electrons. The van der Waals surface area contributed by atoms with Gasteiger partial charge >= 0.3 is 6.03 Å². The summed E-state index contributed by atoms with van der Waals surface area (Å²) in [6.07, 6.45) is 5.97. The monoisotopic (exact) mass is 429 g/mol. The van der Waals surface area contributed by atoms with Crippen LogP contribution in [0.1, 0.15) is 12.8 Å². The zero-order valence-electron chi connectivity index (χ0n) is 16.0. The Morgan fingerprint density at radius 3 is 2.79 bits per heavy atom. The average molecular weight is 430 g/mol. The van der Waals surface area contributed by atoms with E-state index in [1.54, 1.807) is 47.5 Å². The highest BCUT2D eigenvalue weighted by molar-refractivity contribution is 7.93. The van der Waals surface area contributed by atoms with Gasteiger partial charge in [-0.05, 0) is 49.6 Å². The van der Waals surface area contributed by atoms with Crippen LogP contribution < -0.4 is 15.1 Å². The highest BCUT2D eigenvalue weighted by Crippen LogP contribution is 2.27. The summed E-state index contributed by atoms with van der Waals surface area (Å²) in [6.45, 7) is 3.66. The van der Waals surface area contributed by atoms with Crippen LogP contribution in [-0.2, 0) is 9.84 Å². The first-order chi connectivity index (χ1) is 14.0. The molecule has 1 aromatic heterocycles. The van der Waals surface area contributed by atoms with Gasteiger partial charge in [-0.3, -0.25) is 4.90 Å². The Morgan fingerprint density at radius 1 is 1.17 bits per heavy atom. The predicted molar refractivity (Wildman–Crippen MR) is 113 cm³/mol. The Balaban J connectivity index is 1.36. The topological polar surface area (TPSA) is 69.7 Å². The van der Waals surface area contributed by atoms with Crippen LogP contribution in [0.5, 0.6) is 0 Å². The third kappa shape index (κ3) is 3.60. The highest BCUT2D eigenvalue weighted by atomic mass is 32.2. The summed E-state index contributed by atoms with van der Waals surface area (Å²) in [5.41, 5.74) is 0. The van der Waals surface area contributed by atoms with E-state index in [1.807, 2.05) is 6.08 Å². The molecule has 2 saturated heterocycles. The summed E-state index contributed by atoms with van der Waals surface area (Å²) >= 11 is 1.26. The van der Waals surface area contributed by atoms with E-state index in [9.17, 15) is 13.2 Å². The molecule has 2 aromatic rings. The third-order valence-electron chi connectivity index (χ3n) is 5.91. The lowest BCUT2D eigenvalue weighted by Gasteiger charge is -2.32. The number of fused-ring (bicyclic) bond motifs is 3. The molecular formula is C21H23N3O3S2. The molecule has 3 aliphatic rings. The van der Waals surface area contributed by atoms with Crippen LogP contribution in [0.25, 0.3) is 12.3 Å². The maximum atomic E-state index is 12.9. The van der Waals surface area contributed by atoms with Crippen molar-refractivity contribution < 1.29 is 13.2 Å². The number of piperidine rings is 1. The van der Waals surface area contributed by atoms with Crippen molar-refractivity contribution in [2.45, 2.75) is 28.0 Å².